The molecule has 1 amide bonds. The molecule has 0 fully saturated rings. The Morgan fingerprint density at radius 1 is 1.26 bits per heavy atom. The number of anilines is 1. The fraction of sp³-hybridized carbons (Fsp3) is 0.533. The van der Waals surface area contributed by atoms with Crippen LogP contribution in [-0.2, 0) is 4.79 Å². The monoisotopic (exact) mass is 264 g/mol. The van der Waals surface area contributed by atoms with E-state index in [0.717, 1.165) is 17.8 Å². The average Bonchev–Trinajstić information content (AvgIpc) is 2.35. The Morgan fingerprint density at radius 3 is 2.26 bits per heavy atom. The van der Waals surface area contributed by atoms with Crippen molar-refractivity contribution in [2.45, 2.75) is 39.8 Å². The Bertz CT molecular complexity index is 401. The molecule has 0 aliphatic heterocycles. The van der Waals surface area contributed by atoms with Gasteiger partial charge in [0.2, 0.25) is 5.91 Å². The molecule has 2 unspecified atom stereocenters. The Hall–Kier alpha value is -1.39. The number of benzene rings is 1. The molecule has 0 aromatic heterocycles. The molecule has 1 rings (SSSR count). The lowest BCUT2D eigenvalue weighted by atomic mass is 9.93. The zero-order valence-corrected chi connectivity index (χ0v) is 12.1. The molecule has 3 N–H and O–H groups in total. The smallest absolute Gasteiger partial charge is 0.221 e. The number of hydrogen-bond donors (Lipinski definition) is 3. The number of hydrogen-bond acceptors (Lipinski definition) is 3. The summed E-state index contributed by atoms with van der Waals surface area (Å²) in [6, 6.07) is 7.34. The maximum absolute atomic E-state index is 10.9. The topological polar surface area (TPSA) is 61.4 Å². The van der Waals surface area contributed by atoms with Crippen molar-refractivity contribution in [1.29, 1.82) is 0 Å². The molecule has 0 bridgehead atoms. The number of carbonyl (C=O) groups is 1. The molecule has 4 nitrogen and oxygen atoms in total. The van der Waals surface area contributed by atoms with Crippen LogP contribution in [0.5, 0.6) is 0 Å². The van der Waals surface area contributed by atoms with Gasteiger partial charge in [0.1, 0.15) is 0 Å². The Morgan fingerprint density at radius 2 is 1.84 bits per heavy atom. The van der Waals surface area contributed by atoms with E-state index < -0.39 is 6.10 Å². The molecule has 2 atom stereocenters. The van der Waals surface area contributed by atoms with Crippen molar-refractivity contribution in [2.24, 2.45) is 5.92 Å². The van der Waals surface area contributed by atoms with Gasteiger partial charge in [-0.3, -0.25) is 4.79 Å². The molecule has 0 saturated heterocycles. The van der Waals surface area contributed by atoms with Gasteiger partial charge in [-0.1, -0.05) is 32.9 Å². The van der Waals surface area contributed by atoms with Crippen LogP contribution < -0.4 is 10.6 Å². The maximum atomic E-state index is 10.9. The summed E-state index contributed by atoms with van der Waals surface area (Å²) in [6.07, 6.45) is -0.550. The predicted molar refractivity (Wildman–Crippen MR) is 78.0 cm³/mol. The number of aliphatic hydroxyl groups excluding tert-OH is 1. The van der Waals surface area contributed by atoms with E-state index in [1.54, 1.807) is 0 Å². The maximum Gasteiger partial charge on any atom is 0.221 e. The molecule has 0 heterocycles. The molecule has 1 aromatic carbocycles. The van der Waals surface area contributed by atoms with Gasteiger partial charge in [-0.2, -0.15) is 0 Å². The molecule has 19 heavy (non-hydrogen) atoms. The van der Waals surface area contributed by atoms with Crippen molar-refractivity contribution >= 4 is 11.6 Å². The summed E-state index contributed by atoms with van der Waals surface area (Å²) in [7, 11) is 0. The second-order valence-corrected chi connectivity index (χ2v) is 5.08. The first-order valence-corrected chi connectivity index (χ1v) is 6.74. The molecule has 4 heteroatoms. The van der Waals surface area contributed by atoms with E-state index in [-0.39, 0.29) is 11.9 Å². The second-order valence-electron chi connectivity index (χ2n) is 5.08. The summed E-state index contributed by atoms with van der Waals surface area (Å²) < 4.78 is 0. The fourth-order valence-corrected chi connectivity index (χ4v) is 2.12. The van der Waals surface area contributed by atoms with Gasteiger partial charge >= 0.3 is 0 Å². The fourth-order valence-electron chi connectivity index (χ4n) is 2.12. The van der Waals surface area contributed by atoms with Crippen molar-refractivity contribution in [3.8, 4) is 0 Å². The highest BCUT2D eigenvalue weighted by molar-refractivity contribution is 5.88. The molecular formula is C15H24N2O2. The molecule has 0 aliphatic rings. The Labute approximate surface area is 115 Å². The highest BCUT2D eigenvalue weighted by Crippen LogP contribution is 2.23. The summed E-state index contributed by atoms with van der Waals surface area (Å²) in [5.41, 5.74) is 1.60. The quantitative estimate of drug-likeness (QED) is 0.739. The third kappa shape index (κ3) is 4.65. The number of carbonyl (C=O) groups excluding carboxylic acids is 1. The van der Waals surface area contributed by atoms with Gasteiger partial charge in [0, 0.05) is 18.7 Å². The molecule has 0 spiro atoms. The van der Waals surface area contributed by atoms with Gasteiger partial charge in [-0.15, -0.1) is 0 Å². The summed E-state index contributed by atoms with van der Waals surface area (Å²) in [5.74, 6) is 0.242. The SMILES string of the molecule is CCNC(C(C)C)C(O)c1ccc(NC(C)=O)cc1. The van der Waals surface area contributed by atoms with Gasteiger partial charge in [-0.05, 0) is 30.2 Å². The van der Waals surface area contributed by atoms with Gasteiger partial charge < -0.3 is 15.7 Å². The van der Waals surface area contributed by atoms with Crippen LogP contribution in [0.25, 0.3) is 0 Å². The van der Waals surface area contributed by atoms with E-state index in [0.29, 0.717) is 5.92 Å². The summed E-state index contributed by atoms with van der Waals surface area (Å²) in [6.45, 7) is 8.50. The second kappa shape index (κ2) is 7.26. The number of amides is 1. The van der Waals surface area contributed by atoms with Crippen LogP contribution in [-0.4, -0.2) is 23.6 Å². The van der Waals surface area contributed by atoms with E-state index >= 15 is 0 Å². The molecule has 0 saturated carbocycles. The minimum Gasteiger partial charge on any atom is -0.387 e. The molecule has 0 aliphatic carbocycles. The molecule has 106 valence electrons. The zero-order valence-electron chi connectivity index (χ0n) is 12.1. The van der Waals surface area contributed by atoms with E-state index in [1.807, 2.05) is 31.2 Å². The van der Waals surface area contributed by atoms with Crippen molar-refractivity contribution < 1.29 is 9.90 Å². The van der Waals surface area contributed by atoms with Crippen LogP contribution in [0.15, 0.2) is 24.3 Å². The van der Waals surface area contributed by atoms with Crippen molar-refractivity contribution in [3.05, 3.63) is 29.8 Å². The largest absolute Gasteiger partial charge is 0.387 e. The van der Waals surface area contributed by atoms with Crippen LogP contribution in [0, 0.1) is 5.92 Å². The van der Waals surface area contributed by atoms with Gasteiger partial charge in [0.15, 0.2) is 0 Å². The first-order valence-electron chi connectivity index (χ1n) is 6.74. The molecule has 0 radical (unpaired) electrons. The highest BCUT2D eigenvalue weighted by atomic mass is 16.3. The standard InChI is InChI=1S/C15H24N2O2/c1-5-16-14(10(2)3)15(19)12-6-8-13(9-7-12)17-11(4)18/h6-10,14-16,19H,5H2,1-4H3,(H,17,18). The van der Waals surface area contributed by atoms with Gasteiger partial charge in [0.05, 0.1) is 6.10 Å². The van der Waals surface area contributed by atoms with Gasteiger partial charge in [-0.25, -0.2) is 0 Å². The van der Waals surface area contributed by atoms with Crippen molar-refractivity contribution in [3.63, 3.8) is 0 Å². The van der Waals surface area contributed by atoms with E-state index in [1.165, 1.54) is 6.92 Å². The van der Waals surface area contributed by atoms with E-state index in [9.17, 15) is 9.90 Å². The van der Waals surface area contributed by atoms with E-state index in [2.05, 4.69) is 24.5 Å². The lowest BCUT2D eigenvalue weighted by molar-refractivity contribution is -0.114. The normalized spacial score (nSPS) is 14.2. The lowest BCUT2D eigenvalue weighted by Gasteiger charge is -2.27. The lowest BCUT2D eigenvalue weighted by Crippen LogP contribution is -2.39. The minimum absolute atomic E-state index is 0.0246. The zero-order chi connectivity index (χ0) is 14.4. The first kappa shape index (κ1) is 15.7. The van der Waals surface area contributed by atoms with Gasteiger partial charge in [0.25, 0.3) is 0 Å². The highest BCUT2D eigenvalue weighted by Gasteiger charge is 2.22. The third-order valence-corrected chi connectivity index (χ3v) is 3.07. The number of rotatable bonds is 6. The van der Waals surface area contributed by atoms with Crippen LogP contribution in [0.4, 0.5) is 5.69 Å². The van der Waals surface area contributed by atoms with Crippen LogP contribution in [0.1, 0.15) is 39.4 Å². The summed E-state index contributed by atoms with van der Waals surface area (Å²) in [5, 5.41) is 16.4. The number of nitrogens with one attached hydrogen (secondary N) is 2. The summed E-state index contributed by atoms with van der Waals surface area (Å²) >= 11 is 0. The van der Waals surface area contributed by atoms with Crippen LogP contribution >= 0.6 is 0 Å². The number of aliphatic hydroxyl groups is 1. The molecular weight excluding hydrogens is 240 g/mol. The predicted octanol–water partition coefficient (Wildman–Crippen LogP) is 2.31. The van der Waals surface area contributed by atoms with Crippen LogP contribution in [0.2, 0.25) is 0 Å². The number of likely N-dealkylation sites (N-methyl/N-ethyl adjacent to an activating group) is 1. The van der Waals surface area contributed by atoms with Crippen molar-refractivity contribution in [2.75, 3.05) is 11.9 Å². The first-order chi connectivity index (χ1) is 8.95. The Kier molecular flexibility index (Phi) is 5.99. The average molecular weight is 264 g/mol. The summed E-state index contributed by atoms with van der Waals surface area (Å²) in [4.78, 5) is 10.9. The van der Waals surface area contributed by atoms with E-state index in [4.69, 9.17) is 0 Å². The Balaban J connectivity index is 2.80. The van der Waals surface area contributed by atoms with Crippen molar-refractivity contribution in [1.82, 2.24) is 5.32 Å². The minimum atomic E-state index is -0.550. The third-order valence-electron chi connectivity index (χ3n) is 3.07. The molecule has 1 aromatic rings. The van der Waals surface area contributed by atoms with Crippen LogP contribution in [0.3, 0.4) is 0 Å².